The summed E-state index contributed by atoms with van der Waals surface area (Å²) >= 11 is 2.94. The van der Waals surface area contributed by atoms with Crippen molar-refractivity contribution >= 4 is 45.5 Å². The predicted molar refractivity (Wildman–Crippen MR) is 126 cm³/mol. The second-order valence-corrected chi connectivity index (χ2v) is 8.46. The highest BCUT2D eigenvalue weighted by Crippen LogP contribution is 2.28. The molecule has 1 N–H and O–H groups in total. The van der Waals surface area contributed by atoms with Gasteiger partial charge in [-0.3, -0.25) is 9.78 Å². The Morgan fingerprint density at radius 2 is 1.97 bits per heavy atom. The molecule has 0 fully saturated rings. The lowest BCUT2D eigenvalue weighted by atomic mass is 10.1. The van der Waals surface area contributed by atoms with E-state index < -0.39 is 5.44 Å². The molecule has 0 bridgehead atoms. The topological polar surface area (TPSA) is 63.0 Å². The average Bonchev–Trinajstić information content (AvgIpc) is 3.32. The van der Waals surface area contributed by atoms with E-state index in [0.717, 1.165) is 27.6 Å². The number of pyridine rings is 1. The number of ketones is 1. The summed E-state index contributed by atoms with van der Waals surface area (Å²) in [5, 5.41) is 13.3. The maximum Gasteiger partial charge on any atom is 0.227 e. The fraction of sp³-hybridized carbons (Fsp3) is 0.125. The number of rotatable bonds is 8. The van der Waals surface area contributed by atoms with Crippen LogP contribution in [0.3, 0.4) is 0 Å². The number of hydrogen-bond acceptors (Lipinski definition) is 6. The van der Waals surface area contributed by atoms with Gasteiger partial charge in [0.1, 0.15) is 5.75 Å². The zero-order valence-electron chi connectivity index (χ0n) is 16.4. The first-order valence-electron chi connectivity index (χ1n) is 9.41. The zero-order chi connectivity index (χ0) is 20.9. The van der Waals surface area contributed by atoms with E-state index in [1.165, 1.54) is 11.8 Å². The monoisotopic (exact) mass is 432 g/mol. The van der Waals surface area contributed by atoms with Crippen LogP contribution in [0.15, 0.2) is 77.6 Å². The molecule has 0 saturated heterocycles. The smallest absolute Gasteiger partial charge is 0.227 e. The summed E-state index contributed by atoms with van der Waals surface area (Å²) in [4.78, 5) is 17.3. The van der Waals surface area contributed by atoms with Crippen molar-refractivity contribution in [1.29, 1.82) is 5.41 Å². The summed E-state index contributed by atoms with van der Waals surface area (Å²) < 4.78 is 5.97. The summed E-state index contributed by atoms with van der Waals surface area (Å²) in [5.41, 5.74) is 3.27. The van der Waals surface area contributed by atoms with Gasteiger partial charge in [0.05, 0.1) is 11.2 Å². The highest BCUT2D eigenvalue weighted by atomic mass is 32.2. The molecule has 1 unspecified atom stereocenters. The summed E-state index contributed by atoms with van der Waals surface area (Å²) in [6, 6.07) is 19.3. The quantitative estimate of drug-likeness (QED) is 0.280. The second kappa shape index (κ2) is 9.24. The van der Waals surface area contributed by atoms with E-state index >= 15 is 0 Å². The van der Waals surface area contributed by atoms with Gasteiger partial charge in [0, 0.05) is 23.6 Å². The lowest BCUT2D eigenvalue weighted by Crippen LogP contribution is -2.31. The van der Waals surface area contributed by atoms with Gasteiger partial charge in [-0.15, -0.1) is 11.8 Å². The first-order chi connectivity index (χ1) is 14.6. The van der Waals surface area contributed by atoms with E-state index in [0.29, 0.717) is 12.2 Å². The molecule has 4 nitrogen and oxygen atoms in total. The fourth-order valence-electron chi connectivity index (χ4n) is 3.13. The van der Waals surface area contributed by atoms with Crippen molar-refractivity contribution in [3.05, 3.63) is 83.2 Å². The van der Waals surface area contributed by atoms with Crippen molar-refractivity contribution in [3.63, 3.8) is 0 Å². The summed E-state index contributed by atoms with van der Waals surface area (Å²) in [7, 11) is 0. The van der Waals surface area contributed by atoms with Crippen LogP contribution in [0.25, 0.3) is 22.0 Å². The van der Waals surface area contributed by atoms with Crippen LogP contribution in [-0.4, -0.2) is 28.2 Å². The van der Waals surface area contributed by atoms with Gasteiger partial charge in [0.25, 0.3) is 0 Å². The molecule has 2 aromatic carbocycles. The molecule has 150 valence electrons. The molecule has 0 aliphatic rings. The molecule has 4 rings (SSSR count). The number of Topliss-reactive ketones (excluding diaryl/α,β-unsaturated/α-hetero) is 1. The first-order valence-corrected chi connectivity index (χ1v) is 11.6. The van der Waals surface area contributed by atoms with E-state index in [4.69, 9.17) is 10.1 Å². The number of thioether (sulfide) groups is 1. The summed E-state index contributed by atoms with van der Waals surface area (Å²) in [6.45, 7) is 0. The van der Waals surface area contributed by atoms with Crippen molar-refractivity contribution in [2.24, 2.45) is 0 Å². The van der Waals surface area contributed by atoms with Crippen LogP contribution in [0.4, 0.5) is 0 Å². The summed E-state index contributed by atoms with van der Waals surface area (Å²) in [6.07, 6.45) is 3.98. The first kappa shape index (κ1) is 20.3. The van der Waals surface area contributed by atoms with Crippen LogP contribution in [0, 0.1) is 5.41 Å². The third kappa shape index (κ3) is 4.61. The van der Waals surface area contributed by atoms with E-state index in [2.05, 4.69) is 22.5 Å². The highest BCUT2D eigenvalue weighted by molar-refractivity contribution is 7.99. The Labute approximate surface area is 183 Å². The minimum Gasteiger partial charge on any atom is -0.471 e. The molecule has 2 heterocycles. The molecule has 0 radical (unpaired) electrons. The number of carbonyl (C=O) groups excluding carboxylic acids is 1. The molecule has 0 aliphatic heterocycles. The van der Waals surface area contributed by atoms with E-state index in [9.17, 15) is 4.79 Å². The number of thiophene rings is 1. The van der Waals surface area contributed by atoms with Gasteiger partial charge in [-0.05, 0) is 58.5 Å². The number of carbonyl (C=O) groups is 1. The third-order valence-electron chi connectivity index (χ3n) is 4.70. The van der Waals surface area contributed by atoms with Crippen LogP contribution in [-0.2, 0) is 11.2 Å². The van der Waals surface area contributed by atoms with Crippen LogP contribution in [0.2, 0.25) is 0 Å². The molecule has 2 aromatic heterocycles. The Hall–Kier alpha value is -2.96. The predicted octanol–water partition coefficient (Wildman–Crippen LogP) is 5.86. The standard InChI is InChI=1S/C24H20N2O2S2/c1-29-24(23(27)21(25)11-16-5-3-2-4-6-16)28-20-7-8-22-18(13-20)12-19(14-26-22)17-9-10-30-15-17/h2-10,12-15,24-25H,11H2,1H3. The SMILES string of the molecule is CSC(Oc1ccc2ncc(-c3ccsc3)cc2c1)C(=O)C(=N)Cc1ccccc1. The van der Waals surface area contributed by atoms with Gasteiger partial charge < -0.3 is 10.1 Å². The molecular formula is C24H20N2O2S2. The van der Waals surface area contributed by atoms with Gasteiger partial charge in [-0.1, -0.05) is 30.3 Å². The normalized spacial score (nSPS) is 11.9. The molecule has 0 spiro atoms. The second-order valence-electron chi connectivity index (χ2n) is 6.78. The molecular weight excluding hydrogens is 412 g/mol. The minimum atomic E-state index is -0.758. The van der Waals surface area contributed by atoms with Crippen molar-refractivity contribution in [3.8, 4) is 16.9 Å². The van der Waals surface area contributed by atoms with Crippen LogP contribution >= 0.6 is 23.1 Å². The number of hydrogen-bond donors (Lipinski definition) is 1. The number of ether oxygens (including phenoxy) is 1. The summed E-state index contributed by atoms with van der Waals surface area (Å²) in [5.74, 6) is 0.281. The molecule has 30 heavy (non-hydrogen) atoms. The fourth-order valence-corrected chi connectivity index (χ4v) is 4.36. The number of nitrogens with one attached hydrogen (secondary N) is 1. The Balaban J connectivity index is 1.52. The number of fused-ring (bicyclic) bond motifs is 1. The van der Waals surface area contributed by atoms with Crippen molar-refractivity contribution in [2.75, 3.05) is 6.26 Å². The molecule has 6 heteroatoms. The molecule has 1 atom stereocenters. The van der Waals surface area contributed by atoms with Crippen LogP contribution in [0.5, 0.6) is 5.75 Å². The van der Waals surface area contributed by atoms with Gasteiger partial charge >= 0.3 is 0 Å². The Morgan fingerprint density at radius 3 is 2.70 bits per heavy atom. The lowest BCUT2D eigenvalue weighted by Gasteiger charge is -2.17. The Morgan fingerprint density at radius 1 is 1.13 bits per heavy atom. The van der Waals surface area contributed by atoms with Crippen LogP contribution < -0.4 is 4.74 Å². The molecule has 0 aliphatic carbocycles. The number of benzene rings is 2. The maximum atomic E-state index is 12.8. The Kier molecular flexibility index (Phi) is 6.26. The van der Waals surface area contributed by atoms with Gasteiger partial charge in [-0.2, -0.15) is 11.3 Å². The zero-order valence-corrected chi connectivity index (χ0v) is 18.0. The molecule has 0 amide bonds. The van der Waals surface area contributed by atoms with Crippen molar-refractivity contribution in [2.45, 2.75) is 11.9 Å². The largest absolute Gasteiger partial charge is 0.471 e. The molecule has 0 saturated carbocycles. The van der Waals surface area contributed by atoms with Gasteiger partial charge in [0.15, 0.2) is 0 Å². The van der Waals surface area contributed by atoms with E-state index in [-0.39, 0.29) is 11.5 Å². The van der Waals surface area contributed by atoms with E-state index in [1.54, 1.807) is 11.3 Å². The highest BCUT2D eigenvalue weighted by Gasteiger charge is 2.23. The number of aromatic nitrogens is 1. The molecule has 4 aromatic rings. The van der Waals surface area contributed by atoms with Gasteiger partial charge in [0.2, 0.25) is 11.2 Å². The Bertz CT molecular complexity index is 1170. The van der Waals surface area contributed by atoms with Crippen molar-refractivity contribution in [1.82, 2.24) is 4.98 Å². The average molecular weight is 433 g/mol. The maximum absolute atomic E-state index is 12.8. The van der Waals surface area contributed by atoms with Crippen molar-refractivity contribution < 1.29 is 9.53 Å². The van der Waals surface area contributed by atoms with Gasteiger partial charge in [-0.25, -0.2) is 0 Å². The third-order valence-corrected chi connectivity index (χ3v) is 6.12. The number of nitrogens with zero attached hydrogens (tertiary/aromatic N) is 1. The minimum absolute atomic E-state index is 0.0442. The van der Waals surface area contributed by atoms with Crippen LogP contribution in [0.1, 0.15) is 5.56 Å². The van der Waals surface area contributed by atoms with E-state index in [1.807, 2.05) is 66.4 Å². The lowest BCUT2D eigenvalue weighted by molar-refractivity contribution is -0.116.